The molecule has 0 saturated heterocycles. The maximum absolute atomic E-state index is 12.9. The van der Waals surface area contributed by atoms with Crippen LogP contribution in [0.4, 0.5) is 8.78 Å². The van der Waals surface area contributed by atoms with Crippen molar-refractivity contribution in [3.63, 3.8) is 0 Å². The van der Waals surface area contributed by atoms with Gasteiger partial charge in [0.05, 0.1) is 0 Å². The number of rotatable bonds is 5. The van der Waals surface area contributed by atoms with Gasteiger partial charge in [-0.3, -0.25) is 4.79 Å². The third kappa shape index (κ3) is 3.47. The van der Waals surface area contributed by atoms with Gasteiger partial charge in [0.25, 0.3) is 5.89 Å². The van der Waals surface area contributed by atoms with E-state index in [9.17, 15) is 13.6 Å². The number of hydrogen-bond donors (Lipinski definition) is 1. The van der Waals surface area contributed by atoms with Crippen LogP contribution in [0.3, 0.4) is 0 Å². The molecule has 0 spiro atoms. The van der Waals surface area contributed by atoms with Crippen molar-refractivity contribution < 1.29 is 27.8 Å². The van der Waals surface area contributed by atoms with Crippen LogP contribution >= 0.6 is 0 Å². The topological polar surface area (TPSA) is 85.5 Å². The van der Waals surface area contributed by atoms with Gasteiger partial charge in [0.1, 0.15) is 12.2 Å². The monoisotopic (exact) mass is 270 g/mol. The zero-order valence-corrected chi connectivity index (χ0v) is 9.47. The number of benzene rings is 1. The number of carboxylic acids is 1. The molecule has 0 radical (unpaired) electrons. The highest BCUT2D eigenvalue weighted by atomic mass is 19.2. The third-order valence-electron chi connectivity index (χ3n) is 2.06. The van der Waals surface area contributed by atoms with Gasteiger partial charge in [0, 0.05) is 6.07 Å². The molecule has 6 nitrogen and oxygen atoms in total. The van der Waals surface area contributed by atoms with Crippen molar-refractivity contribution in [2.75, 3.05) is 0 Å². The number of ether oxygens (including phenoxy) is 1. The molecule has 100 valence electrons. The van der Waals surface area contributed by atoms with Crippen LogP contribution in [-0.4, -0.2) is 21.3 Å². The van der Waals surface area contributed by atoms with Crippen LogP contribution in [0.5, 0.6) is 5.75 Å². The van der Waals surface area contributed by atoms with Gasteiger partial charge in [-0.2, -0.15) is 0 Å². The molecule has 1 heterocycles. The van der Waals surface area contributed by atoms with Crippen molar-refractivity contribution in [1.82, 2.24) is 10.2 Å². The fourth-order valence-corrected chi connectivity index (χ4v) is 1.26. The van der Waals surface area contributed by atoms with Gasteiger partial charge in [0.2, 0.25) is 5.89 Å². The van der Waals surface area contributed by atoms with Crippen LogP contribution in [0.15, 0.2) is 22.6 Å². The molecule has 0 unspecified atom stereocenters. The van der Waals surface area contributed by atoms with E-state index in [-0.39, 0.29) is 24.1 Å². The third-order valence-corrected chi connectivity index (χ3v) is 2.06. The highest BCUT2D eigenvalue weighted by molar-refractivity contribution is 5.68. The smallest absolute Gasteiger partial charge is 0.312 e. The molecule has 2 aromatic rings. The van der Waals surface area contributed by atoms with Crippen molar-refractivity contribution >= 4 is 5.97 Å². The van der Waals surface area contributed by atoms with Crippen LogP contribution in [-0.2, 0) is 17.8 Å². The molecule has 8 heteroatoms. The number of carboxylic acid groups (broad SMARTS) is 1. The average Bonchev–Trinajstić information content (AvgIpc) is 2.77. The second kappa shape index (κ2) is 5.42. The van der Waals surface area contributed by atoms with Crippen LogP contribution in [0.1, 0.15) is 11.8 Å². The Kier molecular flexibility index (Phi) is 3.69. The Morgan fingerprint density at radius 2 is 2.00 bits per heavy atom. The van der Waals surface area contributed by atoms with Gasteiger partial charge < -0.3 is 14.3 Å². The summed E-state index contributed by atoms with van der Waals surface area (Å²) in [5, 5.41) is 15.5. The van der Waals surface area contributed by atoms with Crippen molar-refractivity contribution in [3.8, 4) is 5.75 Å². The van der Waals surface area contributed by atoms with Gasteiger partial charge in [-0.25, -0.2) is 8.78 Å². The second-order valence-electron chi connectivity index (χ2n) is 3.52. The largest absolute Gasteiger partial charge is 0.484 e. The maximum Gasteiger partial charge on any atom is 0.312 e. The maximum atomic E-state index is 12.9. The minimum atomic E-state index is -1.10. The Hall–Kier alpha value is -2.51. The minimum Gasteiger partial charge on any atom is -0.484 e. The first-order valence-corrected chi connectivity index (χ1v) is 5.15. The van der Waals surface area contributed by atoms with Crippen molar-refractivity contribution in [1.29, 1.82) is 0 Å². The molecule has 2 rings (SSSR count). The molecule has 19 heavy (non-hydrogen) atoms. The van der Waals surface area contributed by atoms with Crippen LogP contribution < -0.4 is 4.74 Å². The molecule has 0 aliphatic carbocycles. The summed E-state index contributed by atoms with van der Waals surface area (Å²) in [6.07, 6.45) is -0.391. The number of hydrogen-bond acceptors (Lipinski definition) is 5. The predicted molar refractivity (Wildman–Crippen MR) is 56.3 cm³/mol. The second-order valence-corrected chi connectivity index (χ2v) is 3.52. The molecule has 0 fully saturated rings. The lowest BCUT2D eigenvalue weighted by Crippen LogP contribution is -1.99. The molecule has 1 aromatic heterocycles. The van der Waals surface area contributed by atoms with E-state index in [0.29, 0.717) is 0 Å². The SMILES string of the molecule is O=C(O)Cc1nnc(COc2ccc(F)c(F)c2)o1. The summed E-state index contributed by atoms with van der Waals surface area (Å²) in [5.74, 6) is -3.03. The number of aromatic nitrogens is 2. The zero-order valence-electron chi connectivity index (χ0n) is 9.47. The summed E-state index contributed by atoms with van der Waals surface area (Å²) in [6, 6.07) is 3.05. The fourth-order valence-electron chi connectivity index (χ4n) is 1.26. The molecule has 1 aromatic carbocycles. The normalized spacial score (nSPS) is 10.4. The Bertz CT molecular complexity index is 600. The summed E-state index contributed by atoms with van der Waals surface area (Å²) in [4.78, 5) is 10.4. The molecular formula is C11H8F2N2O4. The number of halogens is 2. The Morgan fingerprint density at radius 1 is 1.26 bits per heavy atom. The molecule has 0 aliphatic heterocycles. The van der Waals surface area contributed by atoms with Gasteiger partial charge in [-0.15, -0.1) is 10.2 Å². The van der Waals surface area contributed by atoms with E-state index in [1.807, 2.05) is 0 Å². The molecule has 0 saturated carbocycles. The molecule has 0 atom stereocenters. The summed E-state index contributed by atoms with van der Waals surface area (Å²) < 4.78 is 35.6. The van der Waals surface area contributed by atoms with Crippen LogP contribution in [0, 0.1) is 11.6 Å². The van der Waals surface area contributed by atoms with Crippen LogP contribution in [0.25, 0.3) is 0 Å². The number of carbonyl (C=O) groups is 1. The van der Waals surface area contributed by atoms with Gasteiger partial charge in [0.15, 0.2) is 18.2 Å². The first-order valence-electron chi connectivity index (χ1n) is 5.15. The minimum absolute atomic E-state index is 0.0426. The lowest BCUT2D eigenvalue weighted by atomic mass is 10.3. The standard InChI is InChI=1S/C11H8F2N2O4/c12-7-2-1-6(3-8(7)13)18-5-10-15-14-9(19-10)4-11(16)17/h1-3H,4-5H2,(H,16,17). The van der Waals surface area contributed by atoms with Crippen molar-refractivity contribution in [2.45, 2.75) is 13.0 Å². The molecule has 0 aliphatic rings. The number of aliphatic carboxylic acids is 1. The van der Waals surface area contributed by atoms with E-state index in [4.69, 9.17) is 14.3 Å². The Balaban J connectivity index is 1.96. The predicted octanol–water partition coefficient (Wildman–Crippen LogP) is 1.55. The molecule has 1 N–H and O–H groups in total. The van der Waals surface area contributed by atoms with E-state index < -0.39 is 24.0 Å². The average molecular weight is 270 g/mol. The van der Waals surface area contributed by atoms with Gasteiger partial charge >= 0.3 is 5.97 Å². The van der Waals surface area contributed by atoms with E-state index in [0.717, 1.165) is 12.1 Å². The van der Waals surface area contributed by atoms with Crippen molar-refractivity contribution in [2.24, 2.45) is 0 Å². The first-order chi connectivity index (χ1) is 9.04. The Morgan fingerprint density at radius 3 is 2.68 bits per heavy atom. The fraction of sp³-hybridized carbons (Fsp3) is 0.182. The quantitative estimate of drug-likeness (QED) is 0.887. The molecular weight excluding hydrogens is 262 g/mol. The summed E-state index contributed by atoms with van der Waals surface area (Å²) in [6.45, 7) is -0.169. The molecule has 0 amide bonds. The van der Waals surface area contributed by atoms with E-state index in [2.05, 4.69) is 10.2 Å². The lowest BCUT2D eigenvalue weighted by molar-refractivity contribution is -0.136. The first kappa shape index (κ1) is 12.9. The highest BCUT2D eigenvalue weighted by Crippen LogP contribution is 2.16. The van der Waals surface area contributed by atoms with Gasteiger partial charge in [-0.1, -0.05) is 0 Å². The summed E-state index contributed by atoms with van der Waals surface area (Å²) in [7, 11) is 0. The van der Waals surface area contributed by atoms with Gasteiger partial charge in [-0.05, 0) is 12.1 Å². The molecule has 0 bridgehead atoms. The van der Waals surface area contributed by atoms with E-state index >= 15 is 0 Å². The summed E-state index contributed by atoms with van der Waals surface area (Å²) in [5.41, 5.74) is 0. The van der Waals surface area contributed by atoms with E-state index in [1.54, 1.807) is 0 Å². The number of nitrogens with zero attached hydrogens (tertiary/aromatic N) is 2. The lowest BCUT2D eigenvalue weighted by Gasteiger charge is -2.03. The van der Waals surface area contributed by atoms with Crippen LogP contribution in [0.2, 0.25) is 0 Å². The summed E-state index contributed by atoms with van der Waals surface area (Å²) >= 11 is 0. The van der Waals surface area contributed by atoms with Crippen molar-refractivity contribution in [3.05, 3.63) is 41.6 Å². The zero-order chi connectivity index (χ0) is 13.8. The highest BCUT2D eigenvalue weighted by Gasteiger charge is 2.10. The van der Waals surface area contributed by atoms with E-state index in [1.165, 1.54) is 6.07 Å². The Labute approximate surface area is 105 Å².